The normalized spacial score (nSPS) is 11.1. The van der Waals surface area contributed by atoms with E-state index < -0.39 is 0 Å². The van der Waals surface area contributed by atoms with Crippen LogP contribution in [0.5, 0.6) is 0 Å². The molecule has 0 aliphatic heterocycles. The maximum atomic E-state index is 4.76. The molecule has 6 aromatic rings. The van der Waals surface area contributed by atoms with E-state index in [0.29, 0.717) is 5.95 Å². The van der Waals surface area contributed by atoms with Gasteiger partial charge in [-0.2, -0.15) is 10.1 Å². The van der Waals surface area contributed by atoms with Gasteiger partial charge in [-0.3, -0.25) is 10.1 Å². The van der Waals surface area contributed by atoms with E-state index in [2.05, 4.69) is 42.9 Å². The molecule has 0 amide bonds. The minimum atomic E-state index is 0.539. The zero-order valence-electron chi connectivity index (χ0n) is 16.8. The van der Waals surface area contributed by atoms with Crippen LogP contribution in [-0.4, -0.2) is 25.1 Å². The van der Waals surface area contributed by atoms with Crippen LogP contribution in [0, 0.1) is 0 Å². The number of nitrogens with zero attached hydrogens (tertiary/aromatic N) is 4. The molecule has 0 atom stereocenters. The van der Waals surface area contributed by atoms with Crippen LogP contribution in [0.1, 0.15) is 0 Å². The summed E-state index contributed by atoms with van der Waals surface area (Å²) in [5.74, 6) is 1.30. The third-order valence-electron chi connectivity index (χ3n) is 5.14. The van der Waals surface area contributed by atoms with Gasteiger partial charge >= 0.3 is 0 Å². The Hall–Kier alpha value is -4.30. The third-order valence-corrected chi connectivity index (χ3v) is 6.05. The smallest absolute Gasteiger partial charge is 0.229 e. The second-order valence-electron chi connectivity index (χ2n) is 7.27. The Labute approximate surface area is 187 Å². The van der Waals surface area contributed by atoms with Crippen molar-refractivity contribution in [2.45, 2.75) is 0 Å². The summed E-state index contributed by atoms with van der Waals surface area (Å²) >= 11 is 1.61. The molecule has 3 N–H and O–H groups in total. The summed E-state index contributed by atoms with van der Waals surface area (Å²) in [6.45, 7) is 0. The lowest BCUT2D eigenvalue weighted by molar-refractivity contribution is 1.12. The Morgan fingerprint density at radius 1 is 0.812 bits per heavy atom. The first-order valence-electron chi connectivity index (χ1n) is 10.0. The molecule has 8 heteroatoms. The Bertz CT molecular complexity index is 1520. The topological polar surface area (TPSA) is 91.4 Å². The zero-order chi connectivity index (χ0) is 21.3. The highest BCUT2D eigenvalue weighted by Crippen LogP contribution is 2.31. The second kappa shape index (κ2) is 7.75. The number of pyridine rings is 1. The number of anilines is 4. The Morgan fingerprint density at radius 2 is 1.72 bits per heavy atom. The maximum absolute atomic E-state index is 4.76. The number of aromatic nitrogens is 5. The molecule has 0 fully saturated rings. The Morgan fingerprint density at radius 3 is 2.59 bits per heavy atom. The molecule has 0 unspecified atom stereocenters. The van der Waals surface area contributed by atoms with E-state index in [9.17, 15) is 0 Å². The van der Waals surface area contributed by atoms with Crippen LogP contribution in [0.3, 0.4) is 0 Å². The molecule has 4 aromatic heterocycles. The minimum absolute atomic E-state index is 0.539. The van der Waals surface area contributed by atoms with Gasteiger partial charge in [0.05, 0.1) is 21.9 Å². The number of hydrogen-bond donors (Lipinski definition) is 3. The lowest BCUT2D eigenvalue weighted by Crippen LogP contribution is -2.01. The van der Waals surface area contributed by atoms with Crippen LogP contribution >= 0.6 is 11.3 Å². The quantitative estimate of drug-likeness (QED) is 0.302. The molecule has 0 radical (unpaired) electrons. The highest BCUT2D eigenvalue weighted by Gasteiger charge is 2.11. The van der Waals surface area contributed by atoms with E-state index >= 15 is 0 Å². The first-order valence-corrected chi connectivity index (χ1v) is 10.9. The van der Waals surface area contributed by atoms with Crippen molar-refractivity contribution in [3.8, 4) is 11.1 Å². The summed E-state index contributed by atoms with van der Waals surface area (Å²) in [4.78, 5) is 13.6. The van der Waals surface area contributed by atoms with Crippen LogP contribution < -0.4 is 10.6 Å². The molecule has 0 spiro atoms. The van der Waals surface area contributed by atoms with Crippen molar-refractivity contribution >= 4 is 55.6 Å². The van der Waals surface area contributed by atoms with Crippen LogP contribution in [0.4, 0.5) is 23.1 Å². The van der Waals surface area contributed by atoms with Gasteiger partial charge in [-0.1, -0.05) is 18.2 Å². The SMILES string of the molecule is c1cncc(-c2ccc(Nc3nc(Nc4ccc5[nH]ncc5c4)c4sccc4n3)cc2)c1. The summed E-state index contributed by atoms with van der Waals surface area (Å²) < 4.78 is 1.01. The molecule has 0 bridgehead atoms. The predicted octanol–water partition coefficient (Wildman–Crippen LogP) is 6.12. The lowest BCUT2D eigenvalue weighted by atomic mass is 10.1. The van der Waals surface area contributed by atoms with Gasteiger partial charge in [0.15, 0.2) is 5.82 Å². The molecular weight excluding hydrogens is 418 g/mol. The van der Waals surface area contributed by atoms with Gasteiger partial charge in [0, 0.05) is 29.2 Å². The van der Waals surface area contributed by atoms with Crippen molar-refractivity contribution in [3.63, 3.8) is 0 Å². The minimum Gasteiger partial charge on any atom is -0.339 e. The second-order valence-corrected chi connectivity index (χ2v) is 8.19. The zero-order valence-corrected chi connectivity index (χ0v) is 17.6. The molecule has 154 valence electrons. The van der Waals surface area contributed by atoms with Gasteiger partial charge < -0.3 is 10.6 Å². The van der Waals surface area contributed by atoms with Crippen LogP contribution in [0.2, 0.25) is 0 Å². The lowest BCUT2D eigenvalue weighted by Gasteiger charge is -2.11. The molecule has 0 aliphatic rings. The van der Waals surface area contributed by atoms with Crippen LogP contribution in [0.25, 0.3) is 32.2 Å². The largest absolute Gasteiger partial charge is 0.339 e. The molecule has 7 nitrogen and oxygen atoms in total. The molecule has 32 heavy (non-hydrogen) atoms. The average molecular weight is 436 g/mol. The monoisotopic (exact) mass is 435 g/mol. The molecular formula is C24H17N7S. The van der Waals surface area contributed by atoms with E-state index in [0.717, 1.165) is 49.4 Å². The van der Waals surface area contributed by atoms with Crippen molar-refractivity contribution in [2.75, 3.05) is 10.6 Å². The molecule has 4 heterocycles. The summed E-state index contributed by atoms with van der Waals surface area (Å²) in [6.07, 6.45) is 5.44. The van der Waals surface area contributed by atoms with E-state index in [4.69, 9.17) is 4.98 Å². The molecule has 0 saturated heterocycles. The number of fused-ring (bicyclic) bond motifs is 2. The van der Waals surface area contributed by atoms with Crippen molar-refractivity contribution in [1.82, 2.24) is 25.1 Å². The van der Waals surface area contributed by atoms with Crippen molar-refractivity contribution in [2.24, 2.45) is 0 Å². The van der Waals surface area contributed by atoms with Crippen LogP contribution in [-0.2, 0) is 0 Å². The first kappa shape index (κ1) is 18.5. The number of aromatic amines is 1. The number of hydrogen-bond acceptors (Lipinski definition) is 7. The first-order chi connectivity index (χ1) is 15.8. The summed E-state index contributed by atoms with van der Waals surface area (Å²) in [5.41, 5.74) is 5.94. The highest BCUT2D eigenvalue weighted by atomic mass is 32.1. The van der Waals surface area contributed by atoms with Crippen LogP contribution in [0.15, 0.2) is 84.6 Å². The number of H-pyrrole nitrogens is 1. The van der Waals surface area contributed by atoms with E-state index in [1.165, 1.54) is 0 Å². The van der Waals surface area contributed by atoms with Gasteiger partial charge in [-0.15, -0.1) is 11.3 Å². The van der Waals surface area contributed by atoms with E-state index in [1.807, 2.05) is 66.3 Å². The number of nitrogens with one attached hydrogen (secondary N) is 3. The molecule has 0 aliphatic carbocycles. The van der Waals surface area contributed by atoms with Crippen molar-refractivity contribution < 1.29 is 0 Å². The van der Waals surface area contributed by atoms with Gasteiger partial charge in [0.25, 0.3) is 0 Å². The number of thiophene rings is 1. The van der Waals surface area contributed by atoms with E-state index in [1.54, 1.807) is 17.5 Å². The average Bonchev–Trinajstić information content (AvgIpc) is 3.49. The fourth-order valence-electron chi connectivity index (χ4n) is 3.57. The predicted molar refractivity (Wildman–Crippen MR) is 130 cm³/mol. The van der Waals surface area contributed by atoms with Gasteiger partial charge in [-0.25, -0.2) is 4.98 Å². The maximum Gasteiger partial charge on any atom is 0.229 e. The van der Waals surface area contributed by atoms with E-state index in [-0.39, 0.29) is 0 Å². The summed E-state index contributed by atoms with van der Waals surface area (Å²) in [6, 6.07) is 20.2. The summed E-state index contributed by atoms with van der Waals surface area (Å²) in [7, 11) is 0. The number of benzene rings is 2. The standard InChI is InChI=1S/C24H17N7S/c1-2-16(13-25-10-1)15-3-5-18(6-4-15)28-24-29-21-9-11-32-22(21)23(30-24)27-19-7-8-20-17(12-19)14-26-31-20/h1-14H,(H,26,31)(H2,27,28,29,30). The fourth-order valence-corrected chi connectivity index (χ4v) is 4.35. The fraction of sp³-hybridized carbons (Fsp3) is 0. The summed E-state index contributed by atoms with van der Waals surface area (Å²) in [5, 5.41) is 16.9. The van der Waals surface area contributed by atoms with Crippen molar-refractivity contribution in [1.29, 1.82) is 0 Å². The number of rotatable bonds is 5. The Kier molecular flexibility index (Phi) is 4.47. The molecule has 0 saturated carbocycles. The van der Waals surface area contributed by atoms with Crippen molar-refractivity contribution in [3.05, 3.63) is 84.6 Å². The Balaban J connectivity index is 1.30. The van der Waals surface area contributed by atoms with Gasteiger partial charge in [0.2, 0.25) is 5.95 Å². The third kappa shape index (κ3) is 3.52. The molecule has 2 aromatic carbocycles. The molecule has 6 rings (SSSR count). The van der Waals surface area contributed by atoms with Gasteiger partial charge in [-0.05, 0) is 59.0 Å². The van der Waals surface area contributed by atoms with Gasteiger partial charge in [0.1, 0.15) is 0 Å². The highest BCUT2D eigenvalue weighted by molar-refractivity contribution is 7.17.